The van der Waals surface area contributed by atoms with Gasteiger partial charge in [-0.2, -0.15) is 35.0 Å². The van der Waals surface area contributed by atoms with Gasteiger partial charge in [0.05, 0.1) is 23.5 Å². The fourth-order valence-electron chi connectivity index (χ4n) is 4.17. The topological polar surface area (TPSA) is 118 Å². The van der Waals surface area contributed by atoms with Gasteiger partial charge in [0.15, 0.2) is 0 Å². The molecule has 3 aromatic rings. The minimum absolute atomic E-state index is 0.158. The van der Waals surface area contributed by atoms with E-state index in [0.29, 0.717) is 29.1 Å². The summed E-state index contributed by atoms with van der Waals surface area (Å²) < 4.78 is 134. The molecule has 1 saturated heterocycles. The second kappa shape index (κ2) is 10.9. The van der Waals surface area contributed by atoms with E-state index in [4.69, 9.17) is 0 Å². The molecule has 0 bridgehead atoms. The van der Waals surface area contributed by atoms with Crippen LogP contribution in [0.15, 0.2) is 47.9 Å². The number of nitrogens with one attached hydrogen (secondary N) is 1. The Morgan fingerprint density at radius 1 is 1.00 bits per heavy atom. The van der Waals surface area contributed by atoms with E-state index in [1.807, 2.05) is 0 Å². The van der Waals surface area contributed by atoms with E-state index in [9.17, 15) is 48.3 Å². The van der Waals surface area contributed by atoms with Crippen molar-refractivity contribution in [2.75, 3.05) is 0 Å². The third-order valence-electron chi connectivity index (χ3n) is 6.21. The Labute approximate surface area is 226 Å². The van der Waals surface area contributed by atoms with E-state index in [1.165, 1.54) is 6.92 Å². The van der Waals surface area contributed by atoms with Gasteiger partial charge in [-0.25, -0.2) is 27.8 Å². The number of rotatable bonds is 6. The number of carbonyl (C=O) groups is 1. The SMILES string of the molecule is C[C@H]1[C@H](F)C[C@@H](C(=O)NCc2cc(-c3cnc(C(F)(F)F)nc3)ncc2C(F)(F)F)N1S(=O)(=O)c1ccc(F)nc1. The summed E-state index contributed by atoms with van der Waals surface area (Å²) in [5, 5.41) is 2.17. The molecule has 9 nitrogen and oxygen atoms in total. The van der Waals surface area contributed by atoms with Crippen LogP contribution in [-0.2, 0) is 33.7 Å². The Morgan fingerprint density at radius 2 is 1.66 bits per heavy atom. The molecule has 1 N–H and O–H groups in total. The molecule has 3 atom stereocenters. The second-order valence-electron chi connectivity index (χ2n) is 8.90. The zero-order valence-corrected chi connectivity index (χ0v) is 21.4. The zero-order valence-electron chi connectivity index (χ0n) is 20.6. The van der Waals surface area contributed by atoms with Gasteiger partial charge in [0.2, 0.25) is 27.7 Å². The lowest BCUT2D eigenvalue weighted by atomic mass is 10.1. The number of pyridine rings is 2. The number of carbonyl (C=O) groups excluding carboxylic acids is 1. The smallest absolute Gasteiger partial charge is 0.351 e. The van der Waals surface area contributed by atoms with Crippen molar-refractivity contribution in [1.82, 2.24) is 29.6 Å². The third-order valence-corrected chi connectivity index (χ3v) is 8.19. The maximum atomic E-state index is 14.6. The summed E-state index contributed by atoms with van der Waals surface area (Å²) in [6, 6.07) is -0.558. The van der Waals surface area contributed by atoms with Crippen molar-refractivity contribution in [1.29, 1.82) is 0 Å². The molecule has 1 fully saturated rings. The normalized spacial score (nSPS) is 20.3. The van der Waals surface area contributed by atoms with E-state index >= 15 is 0 Å². The largest absolute Gasteiger partial charge is 0.451 e. The molecule has 0 radical (unpaired) electrons. The van der Waals surface area contributed by atoms with Crippen LogP contribution in [0.1, 0.15) is 30.3 Å². The molecular weight excluding hydrogens is 592 g/mol. The fourth-order valence-corrected chi connectivity index (χ4v) is 5.92. The van der Waals surface area contributed by atoms with Crippen molar-refractivity contribution in [2.24, 2.45) is 0 Å². The van der Waals surface area contributed by atoms with Crippen LogP contribution in [0, 0.1) is 5.95 Å². The van der Waals surface area contributed by atoms with E-state index in [0.717, 1.165) is 18.2 Å². The van der Waals surface area contributed by atoms with Crippen LogP contribution in [0.5, 0.6) is 0 Å². The summed E-state index contributed by atoms with van der Waals surface area (Å²) >= 11 is 0. The summed E-state index contributed by atoms with van der Waals surface area (Å²) in [6.07, 6.45) is -9.74. The minimum Gasteiger partial charge on any atom is -0.351 e. The first-order valence-corrected chi connectivity index (χ1v) is 13.0. The van der Waals surface area contributed by atoms with Crippen LogP contribution < -0.4 is 5.32 Å². The first-order chi connectivity index (χ1) is 19.0. The molecule has 1 aliphatic heterocycles. The molecular formula is C23H18F8N6O3S. The molecule has 0 saturated carbocycles. The van der Waals surface area contributed by atoms with Crippen molar-refractivity contribution in [3.05, 3.63) is 65.9 Å². The highest BCUT2D eigenvalue weighted by Crippen LogP contribution is 2.35. The third kappa shape index (κ3) is 6.27. The number of halogens is 8. The maximum absolute atomic E-state index is 14.6. The van der Waals surface area contributed by atoms with Crippen LogP contribution >= 0.6 is 0 Å². The lowest BCUT2D eigenvalue weighted by Gasteiger charge is -2.27. The predicted molar refractivity (Wildman–Crippen MR) is 123 cm³/mol. The quantitative estimate of drug-likeness (QED) is 0.332. The Kier molecular flexibility index (Phi) is 8.01. The van der Waals surface area contributed by atoms with Gasteiger partial charge in [-0.3, -0.25) is 9.78 Å². The number of amides is 1. The molecule has 0 aliphatic carbocycles. The molecule has 0 unspecified atom stereocenters. The van der Waals surface area contributed by atoms with Crippen molar-refractivity contribution in [2.45, 2.75) is 55.4 Å². The van der Waals surface area contributed by atoms with Gasteiger partial charge in [-0.15, -0.1) is 0 Å². The van der Waals surface area contributed by atoms with E-state index in [2.05, 4.69) is 25.3 Å². The number of hydrogen-bond acceptors (Lipinski definition) is 7. The van der Waals surface area contributed by atoms with Crippen LogP contribution in [0.2, 0.25) is 0 Å². The summed E-state index contributed by atoms with van der Waals surface area (Å²) in [6.45, 7) is 0.355. The van der Waals surface area contributed by atoms with Crippen molar-refractivity contribution >= 4 is 15.9 Å². The Hall–Kier alpha value is -3.80. The molecule has 4 heterocycles. The van der Waals surface area contributed by atoms with E-state index < -0.39 is 87.3 Å². The van der Waals surface area contributed by atoms with Crippen molar-refractivity contribution < 1.29 is 48.3 Å². The average molecular weight is 610 g/mol. The number of nitrogens with zero attached hydrogens (tertiary/aromatic N) is 5. The maximum Gasteiger partial charge on any atom is 0.451 e. The molecule has 4 rings (SSSR count). The molecule has 1 amide bonds. The van der Waals surface area contributed by atoms with Crippen LogP contribution in [0.3, 0.4) is 0 Å². The van der Waals surface area contributed by atoms with Gasteiger partial charge in [0, 0.05) is 37.1 Å². The van der Waals surface area contributed by atoms with Gasteiger partial charge >= 0.3 is 12.4 Å². The number of aromatic nitrogens is 4. The van der Waals surface area contributed by atoms with E-state index in [1.54, 1.807) is 0 Å². The monoisotopic (exact) mass is 610 g/mol. The predicted octanol–water partition coefficient (Wildman–Crippen LogP) is 3.92. The Bertz CT molecular complexity index is 1530. The standard InChI is InChI=1S/C23H18F8N6O3S/c1-11-16(24)5-18(37(11)41(39,40)14-2-3-19(25)33-9-14)20(38)34-6-12-4-17(32-10-15(12)22(26,27)28)13-7-35-21(36-8-13)23(29,30)31/h2-4,7-11,16,18H,5-6H2,1H3,(H,34,38)/t11-,16+,18-/m0/s1. The lowest BCUT2D eigenvalue weighted by Crippen LogP contribution is -2.48. The Balaban J connectivity index is 1.61. The molecule has 18 heteroatoms. The highest BCUT2D eigenvalue weighted by Gasteiger charge is 2.49. The molecule has 1 aliphatic rings. The van der Waals surface area contributed by atoms with Gasteiger partial charge in [-0.05, 0) is 30.7 Å². The summed E-state index contributed by atoms with van der Waals surface area (Å²) in [7, 11) is -4.58. The van der Waals surface area contributed by atoms with Crippen LogP contribution in [-0.4, -0.2) is 56.8 Å². The van der Waals surface area contributed by atoms with Gasteiger partial charge in [0.25, 0.3) is 0 Å². The summed E-state index contributed by atoms with van der Waals surface area (Å²) in [4.78, 5) is 25.6. The first-order valence-electron chi connectivity index (χ1n) is 11.5. The fraction of sp³-hybridized carbons (Fsp3) is 0.348. The van der Waals surface area contributed by atoms with Gasteiger partial charge in [-0.1, -0.05) is 0 Å². The number of sulfonamides is 1. The van der Waals surface area contributed by atoms with Crippen molar-refractivity contribution in [3.63, 3.8) is 0 Å². The summed E-state index contributed by atoms with van der Waals surface area (Å²) in [5.74, 6) is -3.59. The van der Waals surface area contributed by atoms with Crippen molar-refractivity contribution in [3.8, 4) is 11.3 Å². The Morgan fingerprint density at radius 3 is 2.22 bits per heavy atom. The highest BCUT2D eigenvalue weighted by molar-refractivity contribution is 7.89. The van der Waals surface area contributed by atoms with E-state index in [-0.39, 0.29) is 11.3 Å². The second-order valence-corrected chi connectivity index (χ2v) is 10.7. The van der Waals surface area contributed by atoms with Gasteiger partial charge < -0.3 is 5.32 Å². The first kappa shape index (κ1) is 30.2. The number of alkyl halides is 7. The number of hydrogen-bond donors (Lipinski definition) is 1. The molecule has 0 aromatic carbocycles. The molecule has 41 heavy (non-hydrogen) atoms. The summed E-state index contributed by atoms with van der Waals surface area (Å²) in [5.41, 5.74) is -2.27. The molecule has 3 aromatic heterocycles. The highest BCUT2D eigenvalue weighted by atomic mass is 32.2. The van der Waals surface area contributed by atoms with Crippen LogP contribution in [0.4, 0.5) is 35.1 Å². The molecule has 0 spiro atoms. The molecule has 220 valence electrons. The van der Waals surface area contributed by atoms with Gasteiger partial charge in [0.1, 0.15) is 17.1 Å². The lowest BCUT2D eigenvalue weighted by molar-refractivity contribution is -0.145. The minimum atomic E-state index is -4.96. The average Bonchev–Trinajstić information content (AvgIpc) is 3.21. The zero-order chi connectivity index (χ0) is 30.3. The van der Waals surface area contributed by atoms with Crippen LogP contribution in [0.25, 0.3) is 11.3 Å².